The van der Waals surface area contributed by atoms with Crippen molar-refractivity contribution in [1.29, 1.82) is 0 Å². The van der Waals surface area contributed by atoms with E-state index in [9.17, 15) is 10.1 Å². The predicted octanol–water partition coefficient (Wildman–Crippen LogP) is 2.85. The summed E-state index contributed by atoms with van der Waals surface area (Å²) in [4.78, 5) is 10.8. The van der Waals surface area contributed by atoms with Crippen LogP contribution in [0.5, 0.6) is 0 Å². The van der Waals surface area contributed by atoms with E-state index in [1.165, 1.54) is 0 Å². The molecule has 1 saturated heterocycles. The van der Waals surface area contributed by atoms with Crippen LogP contribution in [-0.2, 0) is 6.42 Å². The van der Waals surface area contributed by atoms with Crippen molar-refractivity contribution >= 4 is 33.4 Å². The number of benzene rings is 1. The largest absolute Gasteiger partial charge is 0.316 e. The van der Waals surface area contributed by atoms with Crippen LogP contribution in [0.2, 0.25) is 0 Å². The van der Waals surface area contributed by atoms with Crippen LogP contribution in [0.1, 0.15) is 5.56 Å². The lowest BCUT2D eigenvalue weighted by Crippen LogP contribution is -2.33. The van der Waals surface area contributed by atoms with E-state index in [0.29, 0.717) is 12.0 Å². The molecule has 2 unspecified atom stereocenters. The van der Waals surface area contributed by atoms with E-state index in [4.69, 9.17) is 0 Å². The maximum Gasteiger partial charge on any atom is 0.273 e. The average molecular weight is 331 g/mol. The van der Waals surface area contributed by atoms with Gasteiger partial charge in [0, 0.05) is 27.9 Å². The molecular formula is C12H15BrN2O2S. The third-order valence-corrected chi connectivity index (χ3v) is 5.05. The molecule has 1 aromatic rings. The van der Waals surface area contributed by atoms with Gasteiger partial charge in [0.25, 0.3) is 5.69 Å². The Hall–Kier alpha value is -0.590. The Labute approximate surface area is 119 Å². The Balaban J connectivity index is 2.20. The van der Waals surface area contributed by atoms with Crippen molar-refractivity contribution in [1.82, 2.24) is 5.32 Å². The first kappa shape index (κ1) is 13.8. The van der Waals surface area contributed by atoms with Crippen LogP contribution in [0, 0.1) is 16.0 Å². The van der Waals surface area contributed by atoms with E-state index in [0.717, 1.165) is 28.0 Å². The number of halogens is 1. The van der Waals surface area contributed by atoms with E-state index < -0.39 is 0 Å². The Morgan fingerprint density at radius 3 is 3.00 bits per heavy atom. The van der Waals surface area contributed by atoms with Crippen molar-refractivity contribution in [2.45, 2.75) is 12.5 Å². The highest BCUT2D eigenvalue weighted by Gasteiger charge is 2.28. The third kappa shape index (κ3) is 3.05. The highest BCUT2D eigenvalue weighted by atomic mass is 79.9. The van der Waals surface area contributed by atoms with Crippen LogP contribution < -0.4 is 5.32 Å². The molecule has 0 spiro atoms. The van der Waals surface area contributed by atoms with Gasteiger partial charge in [-0.1, -0.05) is 22.0 Å². The molecule has 6 heteroatoms. The molecule has 1 fully saturated rings. The van der Waals surface area contributed by atoms with Crippen molar-refractivity contribution in [3.8, 4) is 0 Å². The fraction of sp³-hybridized carbons (Fsp3) is 0.500. The van der Waals surface area contributed by atoms with Gasteiger partial charge in [0.15, 0.2) is 0 Å². The van der Waals surface area contributed by atoms with Gasteiger partial charge in [-0.15, -0.1) is 0 Å². The summed E-state index contributed by atoms with van der Waals surface area (Å²) in [6.45, 7) is 0. The Bertz CT molecular complexity index is 456. The van der Waals surface area contributed by atoms with E-state index in [1.54, 1.807) is 6.07 Å². The van der Waals surface area contributed by atoms with Gasteiger partial charge >= 0.3 is 0 Å². The summed E-state index contributed by atoms with van der Waals surface area (Å²) in [5.41, 5.74) is 1.05. The number of nitrogens with one attached hydrogen (secondary N) is 1. The maximum absolute atomic E-state index is 11.1. The number of hydrogen-bond acceptors (Lipinski definition) is 4. The number of hydrogen-bond donors (Lipinski definition) is 1. The van der Waals surface area contributed by atoms with Crippen molar-refractivity contribution in [2.24, 2.45) is 5.92 Å². The van der Waals surface area contributed by atoms with Gasteiger partial charge in [-0.3, -0.25) is 10.1 Å². The van der Waals surface area contributed by atoms with Crippen LogP contribution in [0.25, 0.3) is 0 Å². The van der Waals surface area contributed by atoms with Crippen LogP contribution in [0.3, 0.4) is 0 Å². The predicted molar refractivity (Wildman–Crippen MR) is 78.2 cm³/mol. The van der Waals surface area contributed by atoms with Crippen LogP contribution in [0.15, 0.2) is 22.7 Å². The number of nitro groups is 1. The smallest absolute Gasteiger partial charge is 0.273 e. The Morgan fingerprint density at radius 1 is 1.56 bits per heavy atom. The summed E-state index contributed by atoms with van der Waals surface area (Å²) in [6.07, 6.45) is 0.766. The molecule has 2 atom stereocenters. The van der Waals surface area contributed by atoms with Gasteiger partial charge in [0.1, 0.15) is 0 Å². The molecule has 1 aliphatic heterocycles. The summed E-state index contributed by atoms with van der Waals surface area (Å²) in [5, 5.41) is 14.4. The van der Waals surface area contributed by atoms with E-state index in [-0.39, 0.29) is 10.6 Å². The Kier molecular flexibility index (Phi) is 4.64. The molecule has 0 bridgehead atoms. The quantitative estimate of drug-likeness (QED) is 0.681. The zero-order valence-corrected chi connectivity index (χ0v) is 12.5. The van der Waals surface area contributed by atoms with Crippen molar-refractivity contribution in [3.63, 3.8) is 0 Å². The maximum atomic E-state index is 11.1. The van der Waals surface area contributed by atoms with Gasteiger partial charge in [-0.2, -0.15) is 11.8 Å². The normalized spacial score (nSPS) is 23.2. The molecule has 4 nitrogen and oxygen atoms in total. The van der Waals surface area contributed by atoms with Gasteiger partial charge in [-0.25, -0.2) is 0 Å². The van der Waals surface area contributed by atoms with Gasteiger partial charge in [0.05, 0.1) is 4.92 Å². The molecule has 2 rings (SSSR count). The average Bonchev–Trinajstić information content (AvgIpc) is 2.78. The molecule has 1 heterocycles. The lowest BCUT2D eigenvalue weighted by Gasteiger charge is -2.17. The van der Waals surface area contributed by atoms with Gasteiger partial charge in [-0.05, 0) is 31.2 Å². The second kappa shape index (κ2) is 6.04. The molecule has 18 heavy (non-hydrogen) atoms. The van der Waals surface area contributed by atoms with Crippen molar-refractivity contribution in [2.75, 3.05) is 18.6 Å². The zero-order chi connectivity index (χ0) is 13.1. The van der Waals surface area contributed by atoms with Gasteiger partial charge in [0.2, 0.25) is 0 Å². The van der Waals surface area contributed by atoms with E-state index in [1.807, 2.05) is 30.9 Å². The first-order valence-electron chi connectivity index (χ1n) is 5.79. The van der Waals surface area contributed by atoms with Crippen LogP contribution >= 0.6 is 27.7 Å². The van der Waals surface area contributed by atoms with Crippen molar-refractivity contribution in [3.05, 3.63) is 38.3 Å². The summed E-state index contributed by atoms with van der Waals surface area (Å²) in [7, 11) is 1.96. The monoisotopic (exact) mass is 330 g/mol. The first-order valence-corrected chi connectivity index (χ1v) is 7.74. The zero-order valence-electron chi connectivity index (χ0n) is 10.1. The minimum absolute atomic E-state index is 0.219. The van der Waals surface area contributed by atoms with Gasteiger partial charge < -0.3 is 5.32 Å². The summed E-state index contributed by atoms with van der Waals surface area (Å²) >= 11 is 5.19. The summed E-state index contributed by atoms with van der Waals surface area (Å²) < 4.78 is 0.754. The second-order valence-electron chi connectivity index (χ2n) is 4.43. The minimum Gasteiger partial charge on any atom is -0.316 e. The lowest BCUT2D eigenvalue weighted by atomic mass is 9.94. The molecular weight excluding hydrogens is 316 g/mol. The van der Waals surface area contributed by atoms with E-state index in [2.05, 4.69) is 21.2 Å². The highest BCUT2D eigenvalue weighted by Crippen LogP contribution is 2.31. The molecule has 1 aromatic carbocycles. The fourth-order valence-corrected chi connectivity index (χ4v) is 4.11. The van der Waals surface area contributed by atoms with Crippen LogP contribution in [-0.4, -0.2) is 29.5 Å². The summed E-state index contributed by atoms with van der Waals surface area (Å²) in [5.74, 6) is 2.63. The van der Waals surface area contributed by atoms with Crippen LogP contribution in [0.4, 0.5) is 5.69 Å². The van der Waals surface area contributed by atoms with E-state index >= 15 is 0 Å². The number of nitrogens with zero attached hydrogens (tertiary/aromatic N) is 1. The molecule has 0 aliphatic carbocycles. The topological polar surface area (TPSA) is 55.2 Å². The lowest BCUT2D eigenvalue weighted by molar-refractivity contribution is -0.385. The molecule has 1 aliphatic rings. The molecule has 1 N–H and O–H groups in total. The SMILES string of the molecule is CNC1CSCC1Cc1ccc(Br)cc1[N+](=O)[O-]. The first-order chi connectivity index (χ1) is 8.61. The molecule has 0 amide bonds. The number of thioether (sulfide) groups is 1. The molecule has 0 radical (unpaired) electrons. The minimum atomic E-state index is -0.295. The number of rotatable bonds is 4. The standard InChI is InChI=1S/C12H15BrN2O2S/c1-14-11-7-18-6-9(11)4-8-2-3-10(13)5-12(8)15(16)17/h2-3,5,9,11,14H,4,6-7H2,1H3. The summed E-state index contributed by atoms with van der Waals surface area (Å²) in [6, 6.07) is 5.78. The molecule has 0 saturated carbocycles. The van der Waals surface area contributed by atoms with Crippen molar-refractivity contribution < 1.29 is 4.92 Å². The third-order valence-electron chi connectivity index (χ3n) is 3.30. The highest BCUT2D eigenvalue weighted by molar-refractivity contribution is 9.10. The number of nitro benzene ring substituents is 1. The molecule has 98 valence electrons. The fourth-order valence-electron chi connectivity index (χ4n) is 2.28. The molecule has 0 aromatic heterocycles. The Morgan fingerprint density at radius 2 is 2.33 bits per heavy atom. The second-order valence-corrected chi connectivity index (χ2v) is 6.42.